The van der Waals surface area contributed by atoms with E-state index in [1.807, 2.05) is 91.0 Å². The third-order valence-electron chi connectivity index (χ3n) is 16.8. The van der Waals surface area contributed by atoms with Crippen LogP contribution in [0.5, 0.6) is 0 Å². The zero-order chi connectivity index (χ0) is 50.5. The quantitative estimate of drug-likeness (QED) is 0.155. The maximum Gasteiger partial charge on any atom is 0.178 e. The number of hydrogen-bond donors (Lipinski definition) is 0. The Morgan fingerprint density at radius 2 is 1.21 bits per heavy atom. The van der Waals surface area contributed by atoms with E-state index in [-0.39, 0.29) is 11.5 Å². The topological polar surface area (TPSA) is 77.3 Å². The molecule has 0 amide bonds. The van der Waals surface area contributed by atoms with Crippen molar-refractivity contribution >= 4 is 112 Å². The Hall–Kier alpha value is -9.03. The molecule has 0 saturated carbocycles. The molecule has 8 aromatic carbocycles. The van der Waals surface area contributed by atoms with Gasteiger partial charge in [-0.05, 0) is 85.5 Å². The number of hydrogen-bond acceptors (Lipinski definition) is 6. The van der Waals surface area contributed by atoms with Crippen molar-refractivity contribution in [2.24, 2.45) is 0 Å². The summed E-state index contributed by atoms with van der Waals surface area (Å²) in [6, 6.07) is 66.7. The van der Waals surface area contributed by atoms with Gasteiger partial charge in [-0.2, -0.15) is 0 Å². The second kappa shape index (κ2) is 15.7. The van der Waals surface area contributed by atoms with Gasteiger partial charge in [0.25, 0.3) is 0 Å². The number of aromatic nitrogens is 3. The average Bonchev–Trinajstić information content (AvgIpc) is 4.39. The zero-order valence-electron chi connectivity index (χ0n) is 41.7. The molecule has 7 nitrogen and oxygen atoms in total. The van der Waals surface area contributed by atoms with E-state index in [1.165, 1.54) is 27.9 Å². The number of allylic oxidation sites excluding steroid dienone is 2. The summed E-state index contributed by atoms with van der Waals surface area (Å²) in [6.45, 7) is 4.85. The van der Waals surface area contributed by atoms with Crippen LogP contribution < -0.4 is 20.8 Å². The summed E-state index contributed by atoms with van der Waals surface area (Å²) in [6.07, 6.45) is 14.8. The summed E-state index contributed by atoms with van der Waals surface area (Å²) in [4.78, 5) is 13.2. The minimum Gasteiger partial charge on any atom is -0.454 e. The van der Waals surface area contributed by atoms with E-state index in [1.54, 1.807) is 0 Å². The van der Waals surface area contributed by atoms with E-state index in [9.17, 15) is 0 Å². The number of fused-ring (bicyclic) bond motifs is 15. The first-order valence-corrected chi connectivity index (χ1v) is 27.8. The Kier molecular flexibility index (Phi) is 8.99. The van der Waals surface area contributed by atoms with Crippen LogP contribution in [0, 0.1) is 0 Å². The highest BCUT2D eigenvalue weighted by atomic mass is 31.2. The van der Waals surface area contributed by atoms with Crippen LogP contribution in [0.1, 0.15) is 43.0 Å². The Balaban J connectivity index is 0.886. The molecule has 76 heavy (non-hydrogen) atoms. The van der Waals surface area contributed by atoms with Crippen molar-refractivity contribution in [1.82, 2.24) is 14.5 Å². The Morgan fingerprint density at radius 3 is 2.01 bits per heavy atom. The van der Waals surface area contributed by atoms with E-state index in [0.717, 1.165) is 83.3 Å². The van der Waals surface area contributed by atoms with Gasteiger partial charge in [-0.15, -0.1) is 0 Å². The number of benzene rings is 8. The normalized spacial score (nSPS) is 19.6. The monoisotopic (exact) mass is 998 g/mol. The van der Waals surface area contributed by atoms with Crippen molar-refractivity contribution in [1.29, 1.82) is 0 Å². The lowest BCUT2D eigenvalue weighted by Gasteiger charge is -2.51. The van der Waals surface area contributed by atoms with Crippen molar-refractivity contribution in [2.75, 3.05) is 4.90 Å². The highest BCUT2D eigenvalue weighted by Crippen LogP contribution is 2.62. The minimum atomic E-state index is -3.59. The molecule has 13 aromatic rings. The summed E-state index contributed by atoms with van der Waals surface area (Å²) >= 11 is 0. The SMILES string of the molecule is CC1(N2c3ccccc3C3C=Cc4c(n(-c5c6ccccc6nc6c5oc5cc(-c7ccc(P(=O)(c8ccccc8)c8c9ccccc9nc9c8oc8ccccc89)cc7)ccc56)c5ccccc45)C32C)C=CC=CC1. The second-order valence-electron chi connectivity index (χ2n) is 21.1. The van der Waals surface area contributed by atoms with Crippen LogP contribution in [0.15, 0.2) is 233 Å². The molecule has 2 aliphatic carbocycles. The van der Waals surface area contributed by atoms with Gasteiger partial charge in [-0.3, -0.25) is 0 Å². The number of nitrogens with zero attached hydrogens (tertiary/aromatic N) is 4. The molecular weight excluding hydrogens is 952 g/mol. The molecule has 0 radical (unpaired) electrons. The van der Waals surface area contributed by atoms with Crippen LogP contribution in [-0.4, -0.2) is 20.1 Å². The first kappa shape index (κ1) is 43.4. The predicted octanol–water partition coefficient (Wildman–Crippen LogP) is 16.0. The third kappa shape index (κ3) is 5.81. The minimum absolute atomic E-state index is 0.0838. The van der Waals surface area contributed by atoms with Crippen LogP contribution in [0.4, 0.5) is 5.69 Å². The van der Waals surface area contributed by atoms with Gasteiger partial charge in [0.05, 0.1) is 38.6 Å². The van der Waals surface area contributed by atoms with Gasteiger partial charge in [0, 0.05) is 54.7 Å². The molecular formula is C68H47N4O3P. The number of rotatable bonds is 6. The maximum atomic E-state index is 16.6. The second-order valence-corrected chi connectivity index (χ2v) is 23.8. The van der Waals surface area contributed by atoms with Gasteiger partial charge in [0.2, 0.25) is 0 Å². The summed E-state index contributed by atoms with van der Waals surface area (Å²) in [5.74, 6) is 0.0838. The lowest BCUT2D eigenvalue weighted by molar-refractivity contribution is 0.333. The van der Waals surface area contributed by atoms with Crippen molar-refractivity contribution in [2.45, 2.75) is 37.3 Å². The largest absolute Gasteiger partial charge is 0.454 e. The Morgan fingerprint density at radius 1 is 0.579 bits per heavy atom. The lowest BCUT2D eigenvalue weighted by atomic mass is 9.73. The number of pyridine rings is 2. The molecule has 0 bridgehead atoms. The van der Waals surface area contributed by atoms with E-state index >= 15 is 4.57 Å². The van der Waals surface area contributed by atoms with Gasteiger partial charge in [-0.25, -0.2) is 9.97 Å². The summed E-state index contributed by atoms with van der Waals surface area (Å²) < 4.78 is 33.0. The van der Waals surface area contributed by atoms with Crippen molar-refractivity contribution < 1.29 is 13.4 Å². The van der Waals surface area contributed by atoms with Crippen LogP contribution in [0.25, 0.3) is 99.7 Å². The van der Waals surface area contributed by atoms with Gasteiger partial charge in [-0.1, -0.05) is 182 Å². The average molecular weight is 999 g/mol. The molecule has 362 valence electrons. The molecule has 16 rings (SSSR count). The van der Waals surface area contributed by atoms with Crippen molar-refractivity contribution in [3.8, 4) is 16.8 Å². The standard InChI is InChI=1S/C68H47N4O3P/c1-67(39-17-4-18-40-67)72-57-29-15-10-22-48(57)53-38-37-47-46-21-9-14-28-56(46)71(66(47)68(53,72)2)62-49-23-7-12-26-54(49)69-60-52-36-33-43(41-59(52)75-63(60)62)42-31-34-45(35-32-42)76(73,44-19-5-3-6-20-44)65-50-24-8-13-27-55(50)70-61-51-25-11-16-30-58(51)74-64(61)65/h3-39,41,53H,40H2,1-2H3. The smallest absolute Gasteiger partial charge is 0.178 e. The fourth-order valence-electron chi connectivity index (χ4n) is 13.5. The van der Waals surface area contributed by atoms with Crippen LogP contribution >= 0.6 is 7.14 Å². The third-order valence-corrected chi connectivity index (χ3v) is 20.0. The van der Waals surface area contributed by atoms with Crippen molar-refractivity contribution in [3.05, 3.63) is 241 Å². The molecule has 0 fully saturated rings. The zero-order valence-corrected chi connectivity index (χ0v) is 42.6. The molecule has 5 aromatic heterocycles. The first-order chi connectivity index (χ1) is 37.3. The van der Waals surface area contributed by atoms with E-state index in [4.69, 9.17) is 18.8 Å². The van der Waals surface area contributed by atoms with Crippen LogP contribution in [-0.2, 0) is 10.1 Å². The first-order valence-electron chi connectivity index (χ1n) is 26.1. The number of para-hydroxylation sites is 5. The highest BCUT2D eigenvalue weighted by Gasteiger charge is 2.57. The lowest BCUT2D eigenvalue weighted by Crippen LogP contribution is -2.56. The van der Waals surface area contributed by atoms with Crippen LogP contribution in [0.3, 0.4) is 0 Å². The van der Waals surface area contributed by atoms with Gasteiger partial charge in [0.15, 0.2) is 18.3 Å². The Labute approximate surface area is 437 Å². The molecule has 4 unspecified atom stereocenters. The maximum absolute atomic E-state index is 16.6. The fraction of sp³-hybridized carbons (Fsp3) is 0.0882. The molecule has 0 spiro atoms. The molecule has 6 heterocycles. The van der Waals surface area contributed by atoms with Crippen LogP contribution in [0.2, 0.25) is 0 Å². The molecule has 3 aliphatic rings. The van der Waals surface area contributed by atoms with Gasteiger partial charge in [0.1, 0.15) is 27.9 Å². The fourth-order valence-corrected chi connectivity index (χ4v) is 16.5. The highest BCUT2D eigenvalue weighted by molar-refractivity contribution is 7.86. The molecule has 0 N–H and O–H groups in total. The van der Waals surface area contributed by atoms with E-state index in [2.05, 4.69) is 163 Å². The Bertz CT molecular complexity index is 4770. The molecule has 1 aliphatic heterocycles. The molecule has 8 heteroatoms. The van der Waals surface area contributed by atoms with Gasteiger partial charge < -0.3 is 22.9 Å². The van der Waals surface area contributed by atoms with E-state index < -0.39 is 12.7 Å². The number of furan rings is 2. The van der Waals surface area contributed by atoms with Gasteiger partial charge >= 0.3 is 0 Å². The summed E-state index contributed by atoms with van der Waals surface area (Å²) in [7, 11) is -3.59. The number of anilines is 1. The van der Waals surface area contributed by atoms with E-state index in [0.29, 0.717) is 27.3 Å². The van der Waals surface area contributed by atoms with Crippen molar-refractivity contribution in [3.63, 3.8) is 0 Å². The molecule has 0 saturated heterocycles. The summed E-state index contributed by atoms with van der Waals surface area (Å²) in [5, 5.41) is 6.92. The summed E-state index contributed by atoms with van der Waals surface area (Å²) in [5.41, 5.74) is 14.2. The molecule has 4 atom stereocenters. The predicted molar refractivity (Wildman–Crippen MR) is 313 cm³/mol.